The van der Waals surface area contributed by atoms with Gasteiger partial charge < -0.3 is 15.7 Å². The van der Waals surface area contributed by atoms with Crippen LogP contribution >= 0.6 is 0 Å². The molecule has 0 bridgehead atoms. The molecule has 0 saturated carbocycles. The van der Waals surface area contributed by atoms with Gasteiger partial charge in [0.25, 0.3) is 0 Å². The molecule has 5 nitrogen and oxygen atoms in total. The molecule has 0 radical (unpaired) electrons. The summed E-state index contributed by atoms with van der Waals surface area (Å²) in [6.07, 6.45) is 2.47. The Hall–Kier alpha value is -2.40. The molecule has 116 valence electrons. The van der Waals surface area contributed by atoms with Crippen molar-refractivity contribution in [3.8, 4) is 0 Å². The van der Waals surface area contributed by atoms with Gasteiger partial charge in [0, 0.05) is 12.7 Å². The lowest BCUT2D eigenvalue weighted by atomic mass is 10.1. The summed E-state index contributed by atoms with van der Waals surface area (Å²) in [5.74, 6) is 0. The Morgan fingerprint density at radius 1 is 1.14 bits per heavy atom. The number of urea groups is 1. The topological polar surface area (TPSA) is 74.2 Å². The minimum Gasteiger partial charge on any atom is -0.392 e. The van der Waals surface area contributed by atoms with Crippen LogP contribution in [-0.2, 0) is 19.6 Å². The van der Waals surface area contributed by atoms with Crippen LogP contribution in [0, 0.1) is 6.92 Å². The molecular weight excluding hydrogens is 278 g/mol. The number of hydrogen-bond donors (Lipinski definition) is 3. The van der Waals surface area contributed by atoms with Crippen LogP contribution in [0.25, 0.3) is 0 Å². The molecule has 0 spiro atoms. The molecule has 1 heterocycles. The molecule has 1 aromatic carbocycles. The summed E-state index contributed by atoms with van der Waals surface area (Å²) in [5.41, 5.74) is 3.95. The number of aryl methyl sites for hydroxylation is 1. The van der Waals surface area contributed by atoms with Crippen molar-refractivity contribution in [2.45, 2.75) is 26.5 Å². The van der Waals surface area contributed by atoms with Crippen LogP contribution < -0.4 is 10.6 Å². The van der Waals surface area contributed by atoms with E-state index in [2.05, 4.69) is 15.6 Å². The number of aromatic nitrogens is 1. The van der Waals surface area contributed by atoms with Gasteiger partial charge in [-0.25, -0.2) is 4.79 Å². The van der Waals surface area contributed by atoms with E-state index in [4.69, 9.17) is 5.11 Å². The van der Waals surface area contributed by atoms with Gasteiger partial charge in [0.05, 0.1) is 18.8 Å². The SMILES string of the molecule is Cc1cccnc1CNC(=O)NCCc1ccc(CO)cc1. The number of rotatable bonds is 6. The van der Waals surface area contributed by atoms with E-state index in [9.17, 15) is 4.79 Å². The van der Waals surface area contributed by atoms with Crippen molar-refractivity contribution < 1.29 is 9.90 Å². The maximum absolute atomic E-state index is 11.7. The van der Waals surface area contributed by atoms with Gasteiger partial charge in [0.2, 0.25) is 0 Å². The third-order valence-corrected chi connectivity index (χ3v) is 3.44. The third-order valence-electron chi connectivity index (χ3n) is 3.44. The molecule has 0 atom stereocenters. The molecule has 5 heteroatoms. The molecule has 22 heavy (non-hydrogen) atoms. The van der Waals surface area contributed by atoms with Crippen LogP contribution in [0.1, 0.15) is 22.4 Å². The number of nitrogens with one attached hydrogen (secondary N) is 2. The zero-order valence-electron chi connectivity index (χ0n) is 12.7. The fourth-order valence-corrected chi connectivity index (χ4v) is 2.06. The first-order valence-corrected chi connectivity index (χ1v) is 7.30. The number of aliphatic hydroxyl groups excluding tert-OH is 1. The minimum atomic E-state index is -0.197. The van der Waals surface area contributed by atoms with E-state index in [1.54, 1.807) is 6.20 Å². The smallest absolute Gasteiger partial charge is 0.315 e. The van der Waals surface area contributed by atoms with Crippen molar-refractivity contribution in [1.82, 2.24) is 15.6 Å². The van der Waals surface area contributed by atoms with Crippen molar-refractivity contribution in [3.63, 3.8) is 0 Å². The van der Waals surface area contributed by atoms with Crippen molar-refractivity contribution in [2.75, 3.05) is 6.54 Å². The molecule has 1 aromatic heterocycles. The summed E-state index contributed by atoms with van der Waals surface area (Å²) >= 11 is 0. The second-order valence-corrected chi connectivity index (χ2v) is 5.10. The van der Waals surface area contributed by atoms with Crippen LogP contribution in [0.15, 0.2) is 42.6 Å². The van der Waals surface area contributed by atoms with Gasteiger partial charge in [-0.05, 0) is 36.1 Å². The van der Waals surface area contributed by atoms with E-state index in [1.807, 2.05) is 43.3 Å². The van der Waals surface area contributed by atoms with Crippen molar-refractivity contribution >= 4 is 6.03 Å². The fourth-order valence-electron chi connectivity index (χ4n) is 2.06. The molecular formula is C17H21N3O2. The number of nitrogens with zero attached hydrogens (tertiary/aromatic N) is 1. The predicted molar refractivity (Wildman–Crippen MR) is 85.3 cm³/mol. The zero-order valence-corrected chi connectivity index (χ0v) is 12.7. The Kier molecular flexibility index (Phi) is 5.91. The minimum absolute atomic E-state index is 0.0495. The molecule has 0 unspecified atom stereocenters. The number of amides is 2. The second kappa shape index (κ2) is 8.14. The largest absolute Gasteiger partial charge is 0.392 e. The van der Waals surface area contributed by atoms with Crippen LogP contribution in [0.4, 0.5) is 4.79 Å². The van der Waals surface area contributed by atoms with E-state index < -0.39 is 0 Å². The fraction of sp³-hybridized carbons (Fsp3) is 0.294. The molecule has 0 fully saturated rings. The first kappa shape index (κ1) is 16.0. The third kappa shape index (κ3) is 4.86. The average molecular weight is 299 g/mol. The zero-order chi connectivity index (χ0) is 15.8. The molecule has 2 rings (SSSR count). The molecule has 0 aliphatic rings. The van der Waals surface area contributed by atoms with Gasteiger partial charge in [-0.2, -0.15) is 0 Å². The van der Waals surface area contributed by atoms with E-state index in [0.29, 0.717) is 13.1 Å². The summed E-state index contributed by atoms with van der Waals surface area (Å²) < 4.78 is 0. The Labute approximate surface area is 130 Å². The summed E-state index contributed by atoms with van der Waals surface area (Å²) in [6, 6.07) is 11.3. The molecule has 0 aliphatic carbocycles. The van der Waals surface area contributed by atoms with Crippen LogP contribution in [0.2, 0.25) is 0 Å². The Balaban J connectivity index is 1.70. The lowest BCUT2D eigenvalue weighted by Crippen LogP contribution is -2.36. The van der Waals surface area contributed by atoms with Gasteiger partial charge in [0.1, 0.15) is 0 Å². The van der Waals surface area contributed by atoms with Crippen molar-refractivity contribution in [2.24, 2.45) is 0 Å². The standard InChI is InChI=1S/C17H21N3O2/c1-13-3-2-9-18-16(13)11-20-17(22)19-10-8-14-4-6-15(12-21)7-5-14/h2-7,9,21H,8,10-12H2,1H3,(H2,19,20,22). The number of hydrogen-bond acceptors (Lipinski definition) is 3. The van der Waals surface area contributed by atoms with Crippen molar-refractivity contribution in [1.29, 1.82) is 0 Å². The maximum atomic E-state index is 11.7. The Morgan fingerprint density at radius 3 is 2.55 bits per heavy atom. The van der Waals surface area contributed by atoms with Crippen LogP contribution in [0.5, 0.6) is 0 Å². The summed E-state index contributed by atoms with van der Waals surface area (Å²) in [6.45, 7) is 3.00. The first-order valence-electron chi connectivity index (χ1n) is 7.30. The van der Waals surface area contributed by atoms with Crippen LogP contribution in [0.3, 0.4) is 0 Å². The number of carbonyl (C=O) groups excluding carboxylic acids is 1. The predicted octanol–water partition coefficient (Wildman–Crippen LogP) is 1.92. The molecule has 2 amide bonds. The monoisotopic (exact) mass is 299 g/mol. The van der Waals surface area contributed by atoms with E-state index in [1.165, 1.54) is 0 Å². The normalized spacial score (nSPS) is 10.3. The number of pyridine rings is 1. The van der Waals surface area contributed by atoms with Gasteiger partial charge in [-0.1, -0.05) is 30.3 Å². The highest BCUT2D eigenvalue weighted by Gasteiger charge is 2.03. The molecule has 0 aliphatic heterocycles. The van der Waals surface area contributed by atoms with Crippen LogP contribution in [-0.4, -0.2) is 22.7 Å². The number of benzene rings is 1. The van der Waals surface area contributed by atoms with Gasteiger partial charge in [-0.15, -0.1) is 0 Å². The number of carbonyl (C=O) groups is 1. The quantitative estimate of drug-likeness (QED) is 0.763. The number of aliphatic hydroxyl groups is 1. The molecule has 0 saturated heterocycles. The molecule has 2 aromatic rings. The lowest BCUT2D eigenvalue weighted by molar-refractivity contribution is 0.240. The molecule has 3 N–H and O–H groups in total. The summed E-state index contributed by atoms with van der Waals surface area (Å²) in [4.78, 5) is 16.0. The van der Waals surface area contributed by atoms with Gasteiger partial charge >= 0.3 is 6.03 Å². The Morgan fingerprint density at radius 2 is 1.86 bits per heavy atom. The van der Waals surface area contributed by atoms with Gasteiger partial charge in [-0.3, -0.25) is 4.98 Å². The van der Waals surface area contributed by atoms with Crippen molar-refractivity contribution in [3.05, 3.63) is 65.0 Å². The van der Waals surface area contributed by atoms with E-state index >= 15 is 0 Å². The maximum Gasteiger partial charge on any atom is 0.315 e. The van der Waals surface area contributed by atoms with Gasteiger partial charge in [0.15, 0.2) is 0 Å². The summed E-state index contributed by atoms with van der Waals surface area (Å²) in [5, 5.41) is 14.6. The highest BCUT2D eigenvalue weighted by molar-refractivity contribution is 5.73. The van der Waals surface area contributed by atoms with E-state index in [0.717, 1.165) is 28.8 Å². The Bertz CT molecular complexity index is 612. The second-order valence-electron chi connectivity index (χ2n) is 5.10. The highest BCUT2D eigenvalue weighted by Crippen LogP contribution is 2.04. The first-order chi connectivity index (χ1) is 10.7. The highest BCUT2D eigenvalue weighted by atomic mass is 16.3. The lowest BCUT2D eigenvalue weighted by Gasteiger charge is -2.09. The van der Waals surface area contributed by atoms with E-state index in [-0.39, 0.29) is 12.6 Å². The average Bonchev–Trinajstić information content (AvgIpc) is 2.55. The summed E-state index contributed by atoms with van der Waals surface area (Å²) in [7, 11) is 0.